The van der Waals surface area contributed by atoms with Crippen molar-refractivity contribution in [2.24, 2.45) is 0 Å². The summed E-state index contributed by atoms with van der Waals surface area (Å²) in [5, 5.41) is 2.54. The average Bonchev–Trinajstić information content (AvgIpc) is 2.42. The first-order chi connectivity index (χ1) is 7.88. The molecule has 17 heavy (non-hydrogen) atoms. The molecule has 0 aliphatic carbocycles. The van der Waals surface area contributed by atoms with Gasteiger partial charge in [0.25, 0.3) is 0 Å². The molecule has 2 aromatic rings. The Labute approximate surface area is 119 Å². The molecule has 0 radical (unpaired) electrons. The van der Waals surface area contributed by atoms with Crippen molar-refractivity contribution in [3.05, 3.63) is 60.7 Å². The van der Waals surface area contributed by atoms with Gasteiger partial charge in [-0.15, -0.1) is 0 Å². The number of halogens is 1. The molecule has 2 rings (SSSR count). The molecule has 0 saturated carbocycles. The van der Waals surface area contributed by atoms with Crippen molar-refractivity contribution in [2.75, 3.05) is 0 Å². The van der Waals surface area contributed by atoms with Gasteiger partial charge in [-0.3, -0.25) is 0 Å². The maximum absolute atomic E-state index is 5.21. The van der Waals surface area contributed by atoms with E-state index in [2.05, 4.69) is 24.3 Å². The van der Waals surface area contributed by atoms with E-state index in [0.717, 1.165) is 0 Å². The second-order valence-electron chi connectivity index (χ2n) is 2.92. The van der Waals surface area contributed by atoms with Crippen molar-refractivity contribution in [1.29, 1.82) is 0 Å². The zero-order valence-electron chi connectivity index (χ0n) is 9.91. The van der Waals surface area contributed by atoms with Crippen LogP contribution in [0.2, 0.25) is 0 Å². The van der Waals surface area contributed by atoms with Gasteiger partial charge in [0.1, 0.15) is 0 Å². The van der Waals surface area contributed by atoms with Gasteiger partial charge >= 0.3 is 93.0 Å². The van der Waals surface area contributed by atoms with E-state index in [1.165, 1.54) is 10.6 Å². The normalized spacial score (nSPS) is 9.00. The second-order valence-corrected chi connectivity index (χ2v) is 5.79. The molecule has 0 aliphatic heterocycles. The van der Waals surface area contributed by atoms with Crippen molar-refractivity contribution < 1.29 is 27.4 Å². The van der Waals surface area contributed by atoms with Gasteiger partial charge < -0.3 is 12.4 Å². The molecule has 0 nitrogen and oxygen atoms in total. The van der Waals surface area contributed by atoms with Crippen LogP contribution in [0.15, 0.2) is 60.7 Å². The molecule has 3 heteroatoms. The fourth-order valence-electron chi connectivity index (χ4n) is 1.25. The van der Waals surface area contributed by atoms with Crippen LogP contribution in [0.5, 0.6) is 0 Å². The Morgan fingerprint density at radius 2 is 1.00 bits per heavy atom. The first-order valence-corrected chi connectivity index (χ1v) is 7.91. The molecule has 0 atom stereocenters. The van der Waals surface area contributed by atoms with Gasteiger partial charge in [-0.25, -0.2) is 0 Å². The van der Waals surface area contributed by atoms with Gasteiger partial charge in [0.05, 0.1) is 0 Å². The minimum absolute atomic E-state index is 0. The van der Waals surface area contributed by atoms with Crippen LogP contribution in [0, 0.1) is 0 Å². The minimum atomic E-state index is -0.546. The topological polar surface area (TPSA) is 0 Å². The van der Waals surface area contributed by atoms with E-state index in [4.69, 9.17) is 15.0 Å². The Morgan fingerprint density at radius 3 is 1.29 bits per heavy atom. The van der Waals surface area contributed by atoms with Gasteiger partial charge in [0, 0.05) is 0 Å². The molecule has 0 N–H and O–H groups in total. The third-order valence-electron chi connectivity index (χ3n) is 1.93. The van der Waals surface area contributed by atoms with E-state index >= 15 is 0 Å². The van der Waals surface area contributed by atoms with Crippen LogP contribution in [0.1, 0.15) is 13.8 Å². The van der Waals surface area contributed by atoms with Crippen molar-refractivity contribution >= 4 is 17.3 Å². The number of rotatable bonds is 2. The predicted molar refractivity (Wildman–Crippen MR) is 70.4 cm³/mol. The van der Waals surface area contributed by atoms with Gasteiger partial charge in [-0.1, -0.05) is 13.8 Å². The van der Waals surface area contributed by atoms with Gasteiger partial charge in [0.2, 0.25) is 0 Å². The van der Waals surface area contributed by atoms with Crippen molar-refractivity contribution in [3.63, 3.8) is 0 Å². The fraction of sp³-hybridized carbons (Fsp3) is 0.143. The van der Waals surface area contributed by atoms with E-state index < -0.39 is 6.70 Å². The van der Waals surface area contributed by atoms with Crippen LogP contribution in [0.3, 0.4) is 0 Å². The van der Waals surface area contributed by atoms with Gasteiger partial charge in [0.15, 0.2) is 0 Å². The van der Waals surface area contributed by atoms with E-state index in [0.29, 0.717) is 0 Å². The zero-order chi connectivity index (χ0) is 11.8. The molecule has 0 heterocycles. The average molecular weight is 309 g/mol. The SMILES string of the molecule is CC.[Cl-].[Ni+][P](c1ccccc1)c1ccccc1. The van der Waals surface area contributed by atoms with E-state index in [9.17, 15) is 0 Å². The zero-order valence-corrected chi connectivity index (χ0v) is 12.6. The molecule has 94 valence electrons. The summed E-state index contributed by atoms with van der Waals surface area (Å²) in [5.41, 5.74) is 0. The summed E-state index contributed by atoms with van der Waals surface area (Å²) < 4.78 is 0. The van der Waals surface area contributed by atoms with Crippen LogP contribution < -0.4 is 23.0 Å². The third-order valence-corrected chi connectivity index (χ3v) is 4.90. The standard InChI is InChI=1S/C12H10P.C2H6.ClH.Ni/c1-3-7-11(8-4-1)13-12-9-5-2-6-10-12;1-2;;/h1-10H;1-2H3;1H;/q-1;;;+2/p-1. The number of benzene rings is 2. The Balaban J connectivity index is 0.000000811. The van der Waals surface area contributed by atoms with Crippen molar-refractivity contribution in [2.45, 2.75) is 13.8 Å². The fourth-order valence-corrected chi connectivity index (χ4v) is 3.26. The number of hydrogen-bond acceptors (Lipinski definition) is 0. The van der Waals surface area contributed by atoms with Gasteiger partial charge in [-0.05, 0) is 0 Å². The molecule has 2 aromatic carbocycles. The summed E-state index contributed by atoms with van der Waals surface area (Å²) >= 11 is 5.21. The Kier molecular flexibility index (Phi) is 9.46. The Morgan fingerprint density at radius 1 is 0.706 bits per heavy atom. The predicted octanol–water partition coefficient (Wildman–Crippen LogP) is 0.611. The molecular weight excluding hydrogens is 293 g/mol. The summed E-state index contributed by atoms with van der Waals surface area (Å²) in [6.45, 7) is 3.45. The van der Waals surface area contributed by atoms with Crippen LogP contribution in [0.25, 0.3) is 0 Å². The van der Waals surface area contributed by atoms with Crippen LogP contribution in [-0.4, -0.2) is 0 Å². The molecule has 0 aliphatic rings. The summed E-state index contributed by atoms with van der Waals surface area (Å²) in [6, 6.07) is 20.7. The van der Waals surface area contributed by atoms with Crippen molar-refractivity contribution in [1.82, 2.24) is 0 Å². The number of hydrogen-bond donors (Lipinski definition) is 0. The molecular formula is C14H16ClNiP. The first-order valence-electron chi connectivity index (χ1n) is 5.41. The molecule has 0 saturated heterocycles. The summed E-state index contributed by atoms with van der Waals surface area (Å²) in [6.07, 6.45) is 0. The van der Waals surface area contributed by atoms with Crippen LogP contribution in [0.4, 0.5) is 0 Å². The van der Waals surface area contributed by atoms with E-state index in [1.54, 1.807) is 0 Å². The third kappa shape index (κ3) is 5.22. The summed E-state index contributed by atoms with van der Waals surface area (Å²) in [7, 11) is 0. The van der Waals surface area contributed by atoms with Crippen LogP contribution in [-0.2, 0) is 15.0 Å². The van der Waals surface area contributed by atoms with E-state index in [1.807, 2.05) is 50.2 Å². The molecule has 0 amide bonds. The Bertz CT molecular complexity index is 352. The summed E-state index contributed by atoms with van der Waals surface area (Å²) in [5.74, 6) is 0. The van der Waals surface area contributed by atoms with Crippen LogP contribution >= 0.6 is 6.70 Å². The van der Waals surface area contributed by atoms with Crippen molar-refractivity contribution in [3.8, 4) is 0 Å². The molecule has 0 unspecified atom stereocenters. The quantitative estimate of drug-likeness (QED) is 0.563. The first kappa shape index (κ1) is 16.7. The monoisotopic (exact) mass is 308 g/mol. The molecule has 0 fully saturated rings. The van der Waals surface area contributed by atoms with Gasteiger partial charge in [-0.2, -0.15) is 0 Å². The summed E-state index contributed by atoms with van der Waals surface area (Å²) in [4.78, 5) is 0. The molecule has 0 bridgehead atoms. The Hall–Kier alpha value is -0.346. The molecule has 0 spiro atoms. The second kappa shape index (κ2) is 9.66. The maximum atomic E-state index is 5.21. The van der Waals surface area contributed by atoms with E-state index in [-0.39, 0.29) is 12.4 Å². The molecule has 0 aromatic heterocycles.